The predicted molar refractivity (Wildman–Crippen MR) is 108 cm³/mol. The molecular formula is C21H29N3OS. The molecule has 0 saturated carbocycles. The summed E-state index contributed by atoms with van der Waals surface area (Å²) in [5.74, 6) is 0.683. The number of carbonyl (C=O) groups excluding carboxylic acids is 1. The van der Waals surface area contributed by atoms with Crippen LogP contribution in [0.4, 0.5) is 0 Å². The molecule has 0 N–H and O–H groups in total. The van der Waals surface area contributed by atoms with E-state index in [1.165, 1.54) is 35.3 Å². The lowest BCUT2D eigenvalue weighted by molar-refractivity contribution is 0.0696. The second-order valence-corrected chi connectivity index (χ2v) is 7.90. The van der Waals surface area contributed by atoms with Crippen molar-refractivity contribution in [1.82, 2.24) is 14.8 Å². The molecule has 0 bridgehead atoms. The summed E-state index contributed by atoms with van der Waals surface area (Å²) in [6, 6.07) is 8.68. The molecule has 1 saturated heterocycles. The van der Waals surface area contributed by atoms with Crippen LogP contribution in [0.2, 0.25) is 0 Å². The fourth-order valence-electron chi connectivity index (χ4n) is 3.71. The van der Waals surface area contributed by atoms with Crippen LogP contribution < -0.4 is 0 Å². The third-order valence-electron chi connectivity index (χ3n) is 5.46. The van der Waals surface area contributed by atoms with E-state index in [-0.39, 0.29) is 5.91 Å². The maximum Gasteiger partial charge on any atom is 0.273 e. The number of aryl methyl sites for hydroxylation is 1. The van der Waals surface area contributed by atoms with Crippen molar-refractivity contribution in [3.05, 3.63) is 52.0 Å². The molecule has 1 aromatic heterocycles. The average Bonchev–Trinajstić information content (AvgIpc) is 3.21. The minimum absolute atomic E-state index is 0.0794. The Morgan fingerprint density at radius 2 is 2.08 bits per heavy atom. The summed E-state index contributed by atoms with van der Waals surface area (Å²) < 4.78 is 0. The van der Waals surface area contributed by atoms with Gasteiger partial charge in [-0.15, -0.1) is 11.3 Å². The van der Waals surface area contributed by atoms with Crippen LogP contribution in [0, 0.1) is 12.8 Å². The van der Waals surface area contributed by atoms with E-state index in [0.29, 0.717) is 11.6 Å². The Balaban J connectivity index is 1.44. The predicted octanol–water partition coefficient (Wildman–Crippen LogP) is 3.87. The molecular weight excluding hydrogens is 342 g/mol. The van der Waals surface area contributed by atoms with Crippen LogP contribution in [0.5, 0.6) is 0 Å². The fourth-order valence-corrected chi connectivity index (χ4v) is 4.24. The molecule has 0 aliphatic carbocycles. The van der Waals surface area contributed by atoms with Crippen LogP contribution in [-0.2, 0) is 6.42 Å². The lowest BCUT2D eigenvalue weighted by Gasteiger charge is -2.34. The highest BCUT2D eigenvalue weighted by atomic mass is 32.1. The molecule has 0 atom stereocenters. The van der Waals surface area contributed by atoms with E-state index < -0.39 is 0 Å². The van der Waals surface area contributed by atoms with Crippen molar-refractivity contribution in [2.45, 2.75) is 33.1 Å². The van der Waals surface area contributed by atoms with Gasteiger partial charge < -0.3 is 9.80 Å². The lowest BCUT2D eigenvalue weighted by atomic mass is 9.95. The average molecular weight is 372 g/mol. The molecule has 140 valence electrons. The van der Waals surface area contributed by atoms with E-state index in [4.69, 9.17) is 0 Å². The minimum atomic E-state index is 0.0794. The number of likely N-dealkylation sites (tertiary alicyclic amines) is 1. The van der Waals surface area contributed by atoms with Crippen LogP contribution in [0.3, 0.4) is 0 Å². The van der Waals surface area contributed by atoms with Crippen molar-refractivity contribution in [2.75, 3.05) is 32.7 Å². The Morgan fingerprint density at radius 1 is 1.31 bits per heavy atom. The van der Waals surface area contributed by atoms with Gasteiger partial charge in [-0.1, -0.05) is 24.3 Å². The van der Waals surface area contributed by atoms with Gasteiger partial charge in [-0.25, -0.2) is 4.98 Å². The molecule has 1 amide bonds. The number of hydrogen-bond donors (Lipinski definition) is 0. The number of benzene rings is 1. The van der Waals surface area contributed by atoms with E-state index in [1.807, 2.05) is 10.3 Å². The van der Waals surface area contributed by atoms with Crippen LogP contribution in [0.25, 0.3) is 0 Å². The van der Waals surface area contributed by atoms with Crippen LogP contribution in [-0.4, -0.2) is 53.4 Å². The molecule has 4 nitrogen and oxygen atoms in total. The lowest BCUT2D eigenvalue weighted by Crippen LogP contribution is -2.41. The number of aromatic nitrogens is 1. The number of amides is 1. The third kappa shape index (κ3) is 4.92. The highest BCUT2D eigenvalue weighted by molar-refractivity contribution is 7.07. The summed E-state index contributed by atoms with van der Waals surface area (Å²) in [6.07, 6.45) is 3.48. The third-order valence-corrected chi connectivity index (χ3v) is 6.05. The molecule has 2 aromatic rings. The first-order valence-electron chi connectivity index (χ1n) is 9.61. The summed E-state index contributed by atoms with van der Waals surface area (Å²) in [6.45, 7) is 9.27. The zero-order valence-corrected chi connectivity index (χ0v) is 16.7. The fraction of sp³-hybridized carbons (Fsp3) is 0.524. The molecule has 0 radical (unpaired) electrons. The second-order valence-electron chi connectivity index (χ2n) is 7.18. The number of piperidine rings is 1. The first-order valence-corrected chi connectivity index (χ1v) is 10.6. The van der Waals surface area contributed by atoms with Gasteiger partial charge in [0.25, 0.3) is 5.91 Å². The standard InChI is InChI=1S/C21H29N3OS/c1-3-24(21(25)20-15-26-16-22-20)14-18-8-11-23(12-9-18)13-10-19-7-5-4-6-17(19)2/h4-7,15-16,18H,3,8-14H2,1-2H3. The molecule has 0 spiro atoms. The van der Waals surface area contributed by atoms with Gasteiger partial charge in [-0.05, 0) is 63.2 Å². The maximum atomic E-state index is 12.5. The van der Waals surface area contributed by atoms with Gasteiger partial charge in [0.15, 0.2) is 0 Å². The van der Waals surface area contributed by atoms with Crippen molar-refractivity contribution in [1.29, 1.82) is 0 Å². The van der Waals surface area contributed by atoms with Crippen LogP contribution >= 0.6 is 11.3 Å². The zero-order chi connectivity index (χ0) is 18.4. The number of thiazole rings is 1. The SMILES string of the molecule is CCN(CC1CCN(CCc2ccccc2C)CC1)C(=O)c1cscn1. The van der Waals surface area contributed by atoms with E-state index in [0.717, 1.165) is 39.1 Å². The van der Waals surface area contributed by atoms with Gasteiger partial charge in [0.05, 0.1) is 5.51 Å². The number of carbonyl (C=O) groups is 1. The zero-order valence-electron chi connectivity index (χ0n) is 15.9. The molecule has 0 unspecified atom stereocenters. The van der Waals surface area contributed by atoms with Gasteiger partial charge >= 0.3 is 0 Å². The summed E-state index contributed by atoms with van der Waals surface area (Å²) >= 11 is 1.48. The minimum Gasteiger partial charge on any atom is -0.337 e. The van der Waals surface area contributed by atoms with E-state index in [2.05, 4.69) is 48.0 Å². The van der Waals surface area contributed by atoms with E-state index in [1.54, 1.807) is 5.51 Å². The first kappa shape index (κ1) is 19.1. The molecule has 1 aliphatic rings. The van der Waals surface area contributed by atoms with E-state index >= 15 is 0 Å². The first-order chi connectivity index (χ1) is 12.7. The normalized spacial score (nSPS) is 15.9. The van der Waals surface area contributed by atoms with Gasteiger partial charge in [-0.2, -0.15) is 0 Å². The molecule has 5 heteroatoms. The second kappa shape index (κ2) is 9.28. The highest BCUT2D eigenvalue weighted by Crippen LogP contribution is 2.20. The smallest absolute Gasteiger partial charge is 0.273 e. The molecule has 26 heavy (non-hydrogen) atoms. The van der Waals surface area contributed by atoms with E-state index in [9.17, 15) is 4.79 Å². The number of rotatable bonds is 7. The quantitative estimate of drug-likeness (QED) is 0.741. The van der Waals surface area contributed by atoms with Crippen molar-refractivity contribution in [3.63, 3.8) is 0 Å². The summed E-state index contributed by atoms with van der Waals surface area (Å²) in [5.41, 5.74) is 5.17. The Morgan fingerprint density at radius 3 is 2.73 bits per heavy atom. The van der Waals surface area contributed by atoms with Gasteiger partial charge in [-0.3, -0.25) is 4.79 Å². The number of hydrogen-bond acceptors (Lipinski definition) is 4. The van der Waals surface area contributed by atoms with Crippen molar-refractivity contribution in [2.24, 2.45) is 5.92 Å². The summed E-state index contributed by atoms with van der Waals surface area (Å²) in [7, 11) is 0. The van der Waals surface area contributed by atoms with Gasteiger partial charge in [0.1, 0.15) is 5.69 Å². The van der Waals surface area contributed by atoms with Crippen molar-refractivity contribution < 1.29 is 4.79 Å². The Hall–Kier alpha value is -1.72. The van der Waals surface area contributed by atoms with Crippen molar-refractivity contribution in [3.8, 4) is 0 Å². The number of nitrogens with zero attached hydrogens (tertiary/aromatic N) is 3. The van der Waals surface area contributed by atoms with Gasteiger partial charge in [0, 0.05) is 25.0 Å². The van der Waals surface area contributed by atoms with Crippen LogP contribution in [0.15, 0.2) is 35.2 Å². The molecule has 1 fully saturated rings. The monoisotopic (exact) mass is 371 g/mol. The van der Waals surface area contributed by atoms with Crippen LogP contribution in [0.1, 0.15) is 41.4 Å². The largest absolute Gasteiger partial charge is 0.337 e. The summed E-state index contributed by atoms with van der Waals surface area (Å²) in [4.78, 5) is 21.2. The Bertz CT molecular complexity index is 693. The van der Waals surface area contributed by atoms with Crippen molar-refractivity contribution >= 4 is 17.2 Å². The topological polar surface area (TPSA) is 36.4 Å². The van der Waals surface area contributed by atoms with Gasteiger partial charge in [0.2, 0.25) is 0 Å². The highest BCUT2D eigenvalue weighted by Gasteiger charge is 2.24. The maximum absolute atomic E-state index is 12.5. The molecule has 1 aliphatic heterocycles. The molecule has 2 heterocycles. The summed E-state index contributed by atoms with van der Waals surface area (Å²) in [5, 5.41) is 1.85. The Kier molecular flexibility index (Phi) is 6.80. The molecule has 1 aromatic carbocycles. The molecule has 3 rings (SSSR count). The Labute approximate surface area is 160 Å².